The van der Waals surface area contributed by atoms with Crippen LogP contribution in [0, 0.1) is 11.3 Å². The van der Waals surface area contributed by atoms with Crippen LogP contribution in [0.4, 0.5) is 0 Å². The van der Waals surface area contributed by atoms with E-state index in [0.29, 0.717) is 11.0 Å². The number of hydrogen-bond acceptors (Lipinski definition) is 2. The van der Waals surface area contributed by atoms with Crippen molar-refractivity contribution in [1.82, 2.24) is 4.90 Å². The van der Waals surface area contributed by atoms with E-state index in [9.17, 15) is 0 Å². The average Bonchev–Trinajstić information content (AvgIpc) is 2.10. The Morgan fingerprint density at radius 2 is 1.93 bits per heavy atom. The van der Waals surface area contributed by atoms with Crippen LogP contribution in [0.2, 0.25) is 0 Å². The van der Waals surface area contributed by atoms with Gasteiger partial charge in [-0.3, -0.25) is 0 Å². The van der Waals surface area contributed by atoms with Crippen LogP contribution >= 0.6 is 0 Å². The van der Waals surface area contributed by atoms with Gasteiger partial charge in [-0.15, -0.1) is 0 Å². The number of piperidine rings is 1. The minimum atomic E-state index is 0.312. The van der Waals surface area contributed by atoms with Crippen LogP contribution in [0.25, 0.3) is 0 Å². The molecule has 1 aliphatic rings. The second-order valence-corrected chi connectivity index (χ2v) is 6.46. The smallest absolute Gasteiger partial charge is 0.0155 e. The Morgan fingerprint density at radius 1 is 1.33 bits per heavy atom. The van der Waals surface area contributed by atoms with Crippen molar-refractivity contribution in [2.75, 3.05) is 20.1 Å². The first-order chi connectivity index (χ1) is 6.81. The zero-order valence-electron chi connectivity index (χ0n) is 11.1. The molecule has 0 aromatic rings. The quantitative estimate of drug-likeness (QED) is 0.779. The second-order valence-electron chi connectivity index (χ2n) is 6.46. The van der Waals surface area contributed by atoms with Crippen LogP contribution in [-0.4, -0.2) is 30.6 Å². The van der Waals surface area contributed by atoms with Crippen LogP contribution in [0.15, 0.2) is 0 Å². The summed E-state index contributed by atoms with van der Waals surface area (Å²) in [6, 6.07) is 0. The first-order valence-electron chi connectivity index (χ1n) is 6.23. The standard InChI is InChI=1S/C13H28N2/c1-11(2)8-13(10-14)6-7-15(5)12(3,4)9-13/h11H,6-10,14H2,1-5H3. The summed E-state index contributed by atoms with van der Waals surface area (Å²) in [5, 5.41) is 0. The maximum atomic E-state index is 6.03. The lowest BCUT2D eigenvalue weighted by molar-refractivity contribution is 0.00770. The molecule has 0 aliphatic carbocycles. The summed E-state index contributed by atoms with van der Waals surface area (Å²) >= 11 is 0. The molecule has 0 aromatic carbocycles. The number of nitrogens with zero attached hydrogens (tertiary/aromatic N) is 1. The van der Waals surface area contributed by atoms with Crippen molar-refractivity contribution < 1.29 is 0 Å². The van der Waals surface area contributed by atoms with Crippen molar-refractivity contribution in [1.29, 1.82) is 0 Å². The summed E-state index contributed by atoms with van der Waals surface area (Å²) in [6.07, 6.45) is 3.79. The van der Waals surface area contributed by atoms with E-state index in [2.05, 4.69) is 39.6 Å². The predicted molar refractivity (Wildman–Crippen MR) is 66.9 cm³/mol. The van der Waals surface area contributed by atoms with Crippen LogP contribution < -0.4 is 5.73 Å². The second kappa shape index (κ2) is 4.42. The van der Waals surface area contributed by atoms with E-state index in [1.54, 1.807) is 0 Å². The van der Waals surface area contributed by atoms with Gasteiger partial charge < -0.3 is 10.6 Å². The molecular formula is C13H28N2. The van der Waals surface area contributed by atoms with Crippen molar-refractivity contribution >= 4 is 0 Å². The van der Waals surface area contributed by atoms with Crippen molar-refractivity contribution in [3.8, 4) is 0 Å². The largest absolute Gasteiger partial charge is 0.330 e. The van der Waals surface area contributed by atoms with E-state index in [0.717, 1.165) is 12.5 Å². The molecule has 2 nitrogen and oxygen atoms in total. The number of nitrogens with two attached hydrogens (primary N) is 1. The molecule has 1 fully saturated rings. The van der Waals surface area contributed by atoms with Crippen LogP contribution in [0.5, 0.6) is 0 Å². The fourth-order valence-electron chi connectivity index (χ4n) is 3.15. The van der Waals surface area contributed by atoms with Gasteiger partial charge in [0.15, 0.2) is 0 Å². The van der Waals surface area contributed by atoms with Gasteiger partial charge in [0.1, 0.15) is 0 Å². The zero-order valence-corrected chi connectivity index (χ0v) is 11.1. The van der Waals surface area contributed by atoms with Gasteiger partial charge in [0.05, 0.1) is 0 Å². The van der Waals surface area contributed by atoms with Gasteiger partial charge in [0, 0.05) is 5.54 Å². The highest BCUT2D eigenvalue weighted by Gasteiger charge is 2.41. The molecule has 2 N–H and O–H groups in total. The van der Waals surface area contributed by atoms with E-state index in [4.69, 9.17) is 5.73 Å². The highest BCUT2D eigenvalue weighted by molar-refractivity contribution is 4.96. The minimum Gasteiger partial charge on any atom is -0.330 e. The summed E-state index contributed by atoms with van der Waals surface area (Å²) in [5.74, 6) is 0.757. The maximum absolute atomic E-state index is 6.03. The first-order valence-corrected chi connectivity index (χ1v) is 6.23. The Morgan fingerprint density at radius 3 is 2.33 bits per heavy atom. The molecule has 1 saturated heterocycles. The third kappa shape index (κ3) is 2.94. The topological polar surface area (TPSA) is 29.3 Å². The summed E-state index contributed by atoms with van der Waals surface area (Å²) in [5.41, 5.74) is 6.74. The molecule has 1 heterocycles. The van der Waals surface area contributed by atoms with Gasteiger partial charge in [0.2, 0.25) is 0 Å². The van der Waals surface area contributed by atoms with E-state index < -0.39 is 0 Å². The van der Waals surface area contributed by atoms with E-state index in [1.807, 2.05) is 0 Å². The van der Waals surface area contributed by atoms with Crippen LogP contribution in [0.1, 0.15) is 47.0 Å². The third-order valence-electron chi connectivity index (χ3n) is 4.09. The lowest BCUT2D eigenvalue weighted by atomic mass is 9.67. The summed E-state index contributed by atoms with van der Waals surface area (Å²) in [6.45, 7) is 11.3. The van der Waals surface area contributed by atoms with Gasteiger partial charge in [-0.25, -0.2) is 0 Å². The SMILES string of the molecule is CC(C)CC1(CN)CCN(C)C(C)(C)C1. The molecule has 0 aromatic heterocycles. The average molecular weight is 212 g/mol. The highest BCUT2D eigenvalue weighted by Crippen LogP contribution is 2.43. The first kappa shape index (κ1) is 13.0. The van der Waals surface area contributed by atoms with Crippen molar-refractivity contribution in [2.45, 2.75) is 52.5 Å². The number of rotatable bonds is 3. The molecule has 90 valence electrons. The van der Waals surface area contributed by atoms with Gasteiger partial charge >= 0.3 is 0 Å². The van der Waals surface area contributed by atoms with E-state index in [1.165, 1.54) is 25.8 Å². The normalized spacial score (nSPS) is 32.2. The molecular weight excluding hydrogens is 184 g/mol. The molecule has 1 unspecified atom stereocenters. The minimum absolute atomic E-state index is 0.312. The van der Waals surface area contributed by atoms with E-state index >= 15 is 0 Å². The van der Waals surface area contributed by atoms with Crippen molar-refractivity contribution in [3.05, 3.63) is 0 Å². The Balaban J connectivity index is 2.75. The third-order valence-corrected chi connectivity index (χ3v) is 4.09. The molecule has 0 amide bonds. The molecule has 0 saturated carbocycles. The molecule has 1 aliphatic heterocycles. The molecule has 0 spiro atoms. The number of likely N-dealkylation sites (tertiary alicyclic amines) is 1. The lowest BCUT2D eigenvalue weighted by Gasteiger charge is -2.50. The zero-order chi connectivity index (χ0) is 11.7. The van der Waals surface area contributed by atoms with Gasteiger partial charge in [-0.2, -0.15) is 0 Å². The van der Waals surface area contributed by atoms with Gasteiger partial charge in [0.25, 0.3) is 0 Å². The van der Waals surface area contributed by atoms with Crippen molar-refractivity contribution in [3.63, 3.8) is 0 Å². The Bertz CT molecular complexity index is 211. The van der Waals surface area contributed by atoms with Gasteiger partial charge in [-0.05, 0) is 64.6 Å². The Labute approximate surface area is 95.2 Å². The van der Waals surface area contributed by atoms with E-state index in [-0.39, 0.29) is 0 Å². The maximum Gasteiger partial charge on any atom is 0.0155 e. The molecule has 0 bridgehead atoms. The Kier molecular flexibility index (Phi) is 3.83. The molecule has 0 radical (unpaired) electrons. The summed E-state index contributed by atoms with van der Waals surface area (Å²) in [4.78, 5) is 2.47. The highest BCUT2D eigenvalue weighted by atomic mass is 15.2. The predicted octanol–water partition coefficient (Wildman–Crippen LogP) is 2.48. The summed E-state index contributed by atoms with van der Waals surface area (Å²) < 4.78 is 0. The van der Waals surface area contributed by atoms with Crippen molar-refractivity contribution in [2.24, 2.45) is 17.1 Å². The molecule has 2 heteroatoms. The summed E-state index contributed by atoms with van der Waals surface area (Å²) in [7, 11) is 2.23. The number of hydrogen-bond donors (Lipinski definition) is 1. The fourth-order valence-corrected chi connectivity index (χ4v) is 3.15. The Hall–Kier alpha value is -0.0800. The van der Waals surface area contributed by atoms with Gasteiger partial charge in [-0.1, -0.05) is 13.8 Å². The molecule has 1 rings (SSSR count). The van der Waals surface area contributed by atoms with Crippen LogP contribution in [0.3, 0.4) is 0 Å². The fraction of sp³-hybridized carbons (Fsp3) is 1.00. The van der Waals surface area contributed by atoms with Crippen LogP contribution in [-0.2, 0) is 0 Å². The molecule has 1 atom stereocenters. The monoisotopic (exact) mass is 212 g/mol. The lowest BCUT2D eigenvalue weighted by Crippen LogP contribution is -2.54. The molecule has 15 heavy (non-hydrogen) atoms.